The van der Waals surface area contributed by atoms with E-state index in [2.05, 4.69) is 47.9 Å². The molecular formula is C11H20N2S. The van der Waals surface area contributed by atoms with Crippen LogP contribution >= 0.6 is 11.3 Å². The molecule has 0 aliphatic carbocycles. The summed E-state index contributed by atoms with van der Waals surface area (Å²) in [6, 6.07) is 2.79. The number of hydrogen-bond donors (Lipinski definition) is 1. The molecule has 0 fully saturated rings. The fourth-order valence-electron chi connectivity index (χ4n) is 1.34. The molecule has 2 nitrogen and oxygen atoms in total. The smallest absolute Gasteiger partial charge is 0.0242 e. The highest BCUT2D eigenvalue weighted by Crippen LogP contribution is 2.09. The van der Waals surface area contributed by atoms with Gasteiger partial charge in [0.1, 0.15) is 0 Å². The molecule has 1 atom stereocenters. The van der Waals surface area contributed by atoms with Gasteiger partial charge >= 0.3 is 0 Å². The molecule has 3 heteroatoms. The fourth-order valence-corrected chi connectivity index (χ4v) is 2.00. The van der Waals surface area contributed by atoms with Crippen molar-refractivity contribution in [2.75, 3.05) is 20.1 Å². The molecule has 1 heterocycles. The summed E-state index contributed by atoms with van der Waals surface area (Å²) >= 11 is 1.77. The van der Waals surface area contributed by atoms with Gasteiger partial charge in [0.2, 0.25) is 0 Å². The summed E-state index contributed by atoms with van der Waals surface area (Å²) in [5.41, 5.74) is 1.42. The number of hydrogen-bond acceptors (Lipinski definition) is 3. The summed E-state index contributed by atoms with van der Waals surface area (Å²) in [4.78, 5) is 2.38. The Morgan fingerprint density at radius 2 is 2.36 bits per heavy atom. The van der Waals surface area contributed by atoms with Gasteiger partial charge in [0.25, 0.3) is 0 Å². The van der Waals surface area contributed by atoms with E-state index in [1.54, 1.807) is 11.3 Å². The van der Waals surface area contributed by atoms with Crippen molar-refractivity contribution in [3.63, 3.8) is 0 Å². The first-order valence-electron chi connectivity index (χ1n) is 5.16. The predicted molar refractivity (Wildman–Crippen MR) is 63.8 cm³/mol. The third kappa shape index (κ3) is 3.78. The molecule has 1 aromatic heterocycles. The number of thiophene rings is 1. The molecule has 0 spiro atoms. The fraction of sp³-hybridized carbons (Fsp3) is 0.636. The summed E-state index contributed by atoms with van der Waals surface area (Å²) in [6.45, 7) is 7.57. The van der Waals surface area contributed by atoms with E-state index in [0.29, 0.717) is 6.04 Å². The van der Waals surface area contributed by atoms with Gasteiger partial charge < -0.3 is 5.32 Å². The van der Waals surface area contributed by atoms with Crippen LogP contribution in [0.3, 0.4) is 0 Å². The lowest BCUT2D eigenvalue weighted by molar-refractivity contribution is 0.244. The van der Waals surface area contributed by atoms with Crippen molar-refractivity contribution in [2.45, 2.75) is 26.4 Å². The molecule has 0 amide bonds. The van der Waals surface area contributed by atoms with Crippen molar-refractivity contribution in [2.24, 2.45) is 0 Å². The zero-order valence-corrected chi connectivity index (χ0v) is 10.1. The highest BCUT2D eigenvalue weighted by Gasteiger charge is 2.08. The first-order chi connectivity index (χ1) is 6.74. The number of rotatable bonds is 6. The van der Waals surface area contributed by atoms with E-state index in [1.807, 2.05) is 0 Å². The van der Waals surface area contributed by atoms with Gasteiger partial charge in [-0.05, 0) is 42.9 Å². The van der Waals surface area contributed by atoms with Gasteiger partial charge in [0.15, 0.2) is 0 Å². The quantitative estimate of drug-likeness (QED) is 0.777. The number of nitrogens with one attached hydrogen (secondary N) is 1. The van der Waals surface area contributed by atoms with Gasteiger partial charge in [-0.2, -0.15) is 11.3 Å². The molecule has 1 aromatic rings. The Bertz CT molecular complexity index is 233. The molecule has 0 aliphatic heterocycles. The Morgan fingerprint density at radius 3 is 2.93 bits per heavy atom. The molecule has 0 saturated heterocycles. The molecule has 0 bridgehead atoms. The molecular weight excluding hydrogens is 192 g/mol. The van der Waals surface area contributed by atoms with Crippen LogP contribution in [0.5, 0.6) is 0 Å². The van der Waals surface area contributed by atoms with E-state index in [0.717, 1.165) is 19.6 Å². The lowest BCUT2D eigenvalue weighted by Crippen LogP contribution is -2.37. The second-order valence-electron chi connectivity index (χ2n) is 3.70. The lowest BCUT2D eigenvalue weighted by Gasteiger charge is -2.24. The summed E-state index contributed by atoms with van der Waals surface area (Å²) in [5, 5.41) is 7.73. The third-order valence-corrected chi connectivity index (χ3v) is 3.19. The minimum Gasteiger partial charge on any atom is -0.315 e. The largest absolute Gasteiger partial charge is 0.315 e. The normalized spacial score (nSPS) is 13.4. The zero-order valence-electron chi connectivity index (χ0n) is 9.29. The van der Waals surface area contributed by atoms with Gasteiger partial charge in [-0.15, -0.1) is 0 Å². The molecule has 1 rings (SSSR count). The third-order valence-electron chi connectivity index (χ3n) is 2.45. The summed E-state index contributed by atoms with van der Waals surface area (Å²) in [7, 11) is 2.18. The van der Waals surface area contributed by atoms with Crippen LogP contribution < -0.4 is 5.32 Å². The molecule has 80 valence electrons. The maximum atomic E-state index is 3.37. The van der Waals surface area contributed by atoms with Crippen molar-refractivity contribution in [3.05, 3.63) is 22.4 Å². The molecule has 0 saturated carbocycles. The molecule has 1 N–H and O–H groups in total. The van der Waals surface area contributed by atoms with Crippen LogP contribution in [-0.4, -0.2) is 31.1 Å². The Hall–Kier alpha value is -0.380. The average Bonchev–Trinajstić information content (AvgIpc) is 2.66. The summed E-state index contributed by atoms with van der Waals surface area (Å²) < 4.78 is 0. The Morgan fingerprint density at radius 1 is 1.57 bits per heavy atom. The van der Waals surface area contributed by atoms with Crippen molar-refractivity contribution in [1.29, 1.82) is 0 Å². The van der Waals surface area contributed by atoms with Gasteiger partial charge in [0.05, 0.1) is 0 Å². The van der Waals surface area contributed by atoms with Gasteiger partial charge in [0, 0.05) is 19.1 Å². The van der Waals surface area contributed by atoms with E-state index in [1.165, 1.54) is 5.56 Å². The minimum absolute atomic E-state index is 0.592. The van der Waals surface area contributed by atoms with E-state index in [9.17, 15) is 0 Å². The SMILES string of the molecule is CCNCC(C)N(C)Cc1ccsc1. The van der Waals surface area contributed by atoms with E-state index >= 15 is 0 Å². The first-order valence-corrected chi connectivity index (χ1v) is 6.10. The molecule has 0 aromatic carbocycles. The second-order valence-corrected chi connectivity index (χ2v) is 4.48. The van der Waals surface area contributed by atoms with Gasteiger partial charge in [-0.1, -0.05) is 6.92 Å². The van der Waals surface area contributed by atoms with E-state index < -0.39 is 0 Å². The van der Waals surface area contributed by atoms with Crippen LogP contribution in [0.1, 0.15) is 19.4 Å². The number of nitrogens with zero attached hydrogens (tertiary/aromatic N) is 1. The molecule has 0 aliphatic rings. The van der Waals surface area contributed by atoms with Crippen molar-refractivity contribution < 1.29 is 0 Å². The van der Waals surface area contributed by atoms with Crippen LogP contribution in [-0.2, 0) is 6.54 Å². The Labute approximate surface area is 90.9 Å². The van der Waals surface area contributed by atoms with Crippen molar-refractivity contribution >= 4 is 11.3 Å². The highest BCUT2D eigenvalue weighted by atomic mass is 32.1. The summed E-state index contributed by atoms with van der Waals surface area (Å²) in [6.07, 6.45) is 0. The van der Waals surface area contributed by atoms with Gasteiger partial charge in [-0.25, -0.2) is 0 Å². The van der Waals surface area contributed by atoms with E-state index in [4.69, 9.17) is 0 Å². The highest BCUT2D eigenvalue weighted by molar-refractivity contribution is 7.07. The monoisotopic (exact) mass is 212 g/mol. The van der Waals surface area contributed by atoms with Crippen LogP contribution in [0, 0.1) is 0 Å². The predicted octanol–water partition coefficient (Wildman–Crippen LogP) is 2.18. The van der Waals surface area contributed by atoms with Crippen LogP contribution in [0.25, 0.3) is 0 Å². The second kappa shape index (κ2) is 6.17. The maximum Gasteiger partial charge on any atom is 0.0242 e. The molecule has 0 radical (unpaired) electrons. The first kappa shape index (κ1) is 11.7. The minimum atomic E-state index is 0.592. The van der Waals surface area contributed by atoms with Crippen LogP contribution in [0.4, 0.5) is 0 Å². The number of likely N-dealkylation sites (N-methyl/N-ethyl adjacent to an activating group) is 2. The lowest BCUT2D eigenvalue weighted by atomic mass is 10.2. The summed E-state index contributed by atoms with van der Waals surface area (Å²) in [5.74, 6) is 0. The average molecular weight is 212 g/mol. The zero-order chi connectivity index (χ0) is 10.4. The van der Waals surface area contributed by atoms with Crippen LogP contribution in [0.2, 0.25) is 0 Å². The van der Waals surface area contributed by atoms with Crippen molar-refractivity contribution in [1.82, 2.24) is 10.2 Å². The topological polar surface area (TPSA) is 15.3 Å². The maximum absolute atomic E-state index is 3.37. The standard InChI is InChI=1S/C11H20N2S/c1-4-12-7-10(2)13(3)8-11-5-6-14-9-11/h5-6,9-10,12H,4,7-8H2,1-3H3. The Balaban J connectivity index is 2.30. The van der Waals surface area contributed by atoms with Gasteiger partial charge in [-0.3, -0.25) is 4.90 Å². The van der Waals surface area contributed by atoms with E-state index in [-0.39, 0.29) is 0 Å². The molecule has 1 unspecified atom stereocenters. The van der Waals surface area contributed by atoms with Crippen molar-refractivity contribution in [3.8, 4) is 0 Å². The van der Waals surface area contributed by atoms with Crippen LogP contribution in [0.15, 0.2) is 16.8 Å². The molecule has 14 heavy (non-hydrogen) atoms. The Kier molecular flexibility index (Phi) is 5.15.